The van der Waals surface area contributed by atoms with Crippen LogP contribution in [0.25, 0.3) is 0 Å². The third-order valence-electron chi connectivity index (χ3n) is 7.25. The molecular weight excluding hydrogens is 909 g/mol. The van der Waals surface area contributed by atoms with E-state index in [0.29, 0.717) is 46.0 Å². The van der Waals surface area contributed by atoms with Crippen LogP contribution in [0.2, 0.25) is 0 Å². The number of hydrazone groups is 2. The van der Waals surface area contributed by atoms with Gasteiger partial charge >= 0.3 is 0 Å². The topological polar surface area (TPSA) is 356 Å². The van der Waals surface area contributed by atoms with Crippen molar-refractivity contribution in [1.29, 1.82) is 0 Å². The molecule has 0 radical (unpaired) electrons. The molecule has 0 spiro atoms. The Morgan fingerprint density at radius 2 is 0.758 bits per heavy atom. The van der Waals surface area contributed by atoms with Gasteiger partial charge in [-0.2, -0.15) is 10.2 Å². The number of nitrogens with zero attached hydrogens (tertiary/aromatic N) is 4. The van der Waals surface area contributed by atoms with Crippen LogP contribution in [0, 0.1) is 0 Å². The molecule has 0 unspecified atom stereocenters. The molecule has 0 saturated carbocycles. The average molecular weight is 965 g/mol. The fraction of sp³-hybridized carbons (Fsp3) is 0.250. The van der Waals surface area contributed by atoms with Crippen molar-refractivity contribution < 1.29 is 75.3 Å². The van der Waals surface area contributed by atoms with Crippen molar-refractivity contribution in [3.05, 3.63) is 95.1 Å². The molecule has 0 bridgehead atoms. The molecule has 0 aliphatic heterocycles. The van der Waals surface area contributed by atoms with Gasteiger partial charge in [-0.1, -0.05) is 0 Å². The van der Waals surface area contributed by atoms with E-state index in [4.69, 9.17) is 66.9 Å². The molecule has 0 amide bonds. The summed E-state index contributed by atoms with van der Waals surface area (Å²) in [5, 5.41) is 21.3. The number of benzene rings is 4. The molecule has 0 atom stereocenters. The highest BCUT2D eigenvalue weighted by Gasteiger charge is 2.07. The molecule has 4 aromatic rings. The maximum atomic E-state index is 9.56. The molecule has 0 aliphatic carbocycles. The number of guanidine groups is 2. The van der Waals surface area contributed by atoms with Crippen LogP contribution in [-0.2, 0) is 21.2 Å². The second-order valence-electron chi connectivity index (χ2n) is 11.9. The molecule has 4 aromatic carbocycles. The molecule has 0 saturated heterocycles. The third kappa shape index (κ3) is 24.4. The number of nitrogens with two attached hydrogens (primary N) is 2. The van der Waals surface area contributed by atoms with E-state index in [9.17, 15) is 4.21 Å². The molecule has 362 valence electrons. The molecule has 66 heavy (non-hydrogen) atoms. The number of hydrogen-bond acceptors (Lipinski definition) is 17. The number of nitrogens with one attached hydrogen (secondary N) is 4. The second kappa shape index (κ2) is 32.2. The summed E-state index contributed by atoms with van der Waals surface area (Å²) in [4.78, 5) is 0. The normalized spacial score (nSPS) is 11.3. The smallest absolute Gasteiger partial charge is 0.269 e. The van der Waals surface area contributed by atoms with Gasteiger partial charge in [0, 0.05) is 44.8 Å². The van der Waals surface area contributed by atoms with Gasteiger partial charge in [0.05, 0.1) is 69.3 Å². The minimum Gasteiger partial charge on any atom is -0.759 e. The maximum absolute atomic E-state index is 9.56. The van der Waals surface area contributed by atoms with Crippen molar-refractivity contribution in [3.8, 4) is 46.0 Å². The van der Waals surface area contributed by atoms with E-state index >= 15 is 0 Å². The predicted molar refractivity (Wildman–Crippen MR) is 249 cm³/mol. The van der Waals surface area contributed by atoms with Crippen LogP contribution in [0.3, 0.4) is 0 Å². The van der Waals surface area contributed by atoms with Gasteiger partial charge in [0.1, 0.15) is 0 Å². The molecule has 0 aliphatic rings. The lowest BCUT2D eigenvalue weighted by molar-refractivity contribution is -0.500. The van der Waals surface area contributed by atoms with Crippen LogP contribution >= 0.6 is 0 Å². The molecule has 0 aromatic heterocycles. The van der Waals surface area contributed by atoms with Crippen LogP contribution < -0.4 is 70.4 Å². The minimum atomic E-state index is -5.17. The van der Waals surface area contributed by atoms with Gasteiger partial charge in [-0.25, -0.2) is 0 Å². The summed E-state index contributed by atoms with van der Waals surface area (Å²) in [5.74, 6) is 5.22. The Bertz CT molecular complexity index is 2260. The van der Waals surface area contributed by atoms with Gasteiger partial charge in [0.25, 0.3) is 11.9 Å². The van der Waals surface area contributed by atoms with E-state index in [1.165, 1.54) is 0 Å². The largest absolute Gasteiger partial charge is 0.759 e. The summed E-state index contributed by atoms with van der Waals surface area (Å²) < 4.78 is 85.4. The van der Waals surface area contributed by atoms with Gasteiger partial charge in [0.2, 0.25) is 0 Å². The Morgan fingerprint density at radius 3 is 1.00 bits per heavy atom. The zero-order valence-electron chi connectivity index (χ0n) is 37.8. The Kier molecular flexibility index (Phi) is 28.5. The first-order valence-corrected chi connectivity index (χ1v) is 21.5. The van der Waals surface area contributed by atoms with E-state index in [-0.39, 0.29) is 17.4 Å². The molecular formula is C40H56N10O14S2. The van der Waals surface area contributed by atoms with E-state index in [1.54, 1.807) is 131 Å². The third-order valence-corrected chi connectivity index (χ3v) is 7.25. The summed E-state index contributed by atoms with van der Waals surface area (Å²) in [7, 11) is 6.84. The summed E-state index contributed by atoms with van der Waals surface area (Å²) in [6.45, 7) is 0. The quantitative estimate of drug-likeness (QED) is 0.0232. The Hall–Kier alpha value is -7.52. The molecule has 0 fully saturated rings. The fourth-order valence-electron chi connectivity index (χ4n) is 4.50. The van der Waals surface area contributed by atoms with Gasteiger partial charge in [-0.05, 0) is 83.9 Å². The first-order chi connectivity index (χ1) is 30.9. The summed E-state index contributed by atoms with van der Waals surface area (Å²) in [6, 6.07) is 21.7. The van der Waals surface area contributed by atoms with Crippen LogP contribution in [0.15, 0.2) is 93.2 Å². The summed E-state index contributed by atoms with van der Waals surface area (Å²) in [5.41, 5.74) is 20.2. The lowest BCUT2D eigenvalue weighted by atomic mass is 10.2. The van der Waals surface area contributed by atoms with Crippen molar-refractivity contribution in [2.45, 2.75) is 0 Å². The Labute approximate surface area is 385 Å². The van der Waals surface area contributed by atoms with E-state index in [0.717, 1.165) is 22.3 Å². The van der Waals surface area contributed by atoms with Crippen molar-refractivity contribution >= 4 is 58.0 Å². The molecule has 24 nitrogen and oxygen atoms in total. The maximum Gasteiger partial charge on any atom is 0.269 e. The summed E-state index contributed by atoms with van der Waals surface area (Å²) in [6.07, 6.45) is 9.77. The number of rotatable bonds is 16. The van der Waals surface area contributed by atoms with Crippen molar-refractivity contribution in [3.63, 3.8) is 0 Å². The summed E-state index contributed by atoms with van der Waals surface area (Å²) >= 11 is 0. The second-order valence-corrected chi connectivity index (χ2v) is 14.2. The highest BCUT2D eigenvalue weighted by atomic mass is 32.3. The number of hydrazine groups is 2. The first-order valence-electron chi connectivity index (χ1n) is 18.2. The van der Waals surface area contributed by atoms with Crippen molar-refractivity contribution in [1.82, 2.24) is 10.9 Å². The van der Waals surface area contributed by atoms with Gasteiger partial charge < -0.3 is 63.9 Å². The standard InChI is InChI=1S/2C19H23N5O4.C2H6OS.H2O4S.H2O/c2*1-25-15-7-5-13(9-17(15)27-3)11-21-23-19(20)24-22-12-14-6-8-16(26-2)18(10-14)28-4;1-4(2)3;1-5(2,3)4;/h2*5-12H,1-4H3,(H3,20,23,24);1-2H3;(H2,1,2,3,4);1H2/b2*21-11+,22-12+;;;. The molecule has 4 rings (SSSR count). The number of ether oxygens (including phenoxy) is 8. The predicted octanol–water partition coefficient (Wildman–Crippen LogP) is -2.02. The zero-order chi connectivity index (χ0) is 48.8. The monoisotopic (exact) mass is 964 g/mol. The highest BCUT2D eigenvalue weighted by Crippen LogP contribution is 2.29. The Morgan fingerprint density at radius 1 is 0.530 bits per heavy atom. The zero-order valence-corrected chi connectivity index (χ0v) is 39.4. The van der Waals surface area contributed by atoms with Crippen LogP contribution in [0.4, 0.5) is 0 Å². The molecule has 10 N–H and O–H groups in total. The Balaban J connectivity index is 0.00000107. The number of hydrogen-bond donors (Lipinski definition) is 6. The van der Waals surface area contributed by atoms with Crippen LogP contribution in [0.5, 0.6) is 46.0 Å². The first kappa shape index (κ1) is 58.5. The van der Waals surface area contributed by atoms with E-state index < -0.39 is 21.2 Å². The minimum absolute atomic E-state index is 0. The lowest BCUT2D eigenvalue weighted by Crippen LogP contribution is -2.82. The van der Waals surface area contributed by atoms with Gasteiger partial charge in [-0.3, -0.25) is 12.6 Å². The van der Waals surface area contributed by atoms with Gasteiger partial charge in [0.15, 0.2) is 58.4 Å². The van der Waals surface area contributed by atoms with Crippen molar-refractivity contribution in [2.24, 2.45) is 31.9 Å². The SMILES string of the molecule is COc1ccc(/C=N/N=C(\N)N/[NH+]=C/c2ccc(OC)c(OC)c2)cc1OC.COc1ccc(/C=N/N=C(\N)N/[NH+]=C/c2ccc(OC)c(OC)c2)cc1OC.CS(C)=O.O.O=S(=O)([O-])[O-]. The van der Waals surface area contributed by atoms with Crippen LogP contribution in [-0.4, -0.2) is 133 Å². The number of methoxy groups -OCH3 is 8. The lowest BCUT2D eigenvalue weighted by Gasteiger charge is -2.07. The average Bonchev–Trinajstić information content (AvgIpc) is 3.28. The van der Waals surface area contributed by atoms with Crippen molar-refractivity contribution in [2.75, 3.05) is 69.4 Å². The van der Waals surface area contributed by atoms with E-state index in [1.807, 2.05) is 36.4 Å². The van der Waals surface area contributed by atoms with E-state index in [2.05, 4.69) is 41.5 Å². The van der Waals surface area contributed by atoms with Gasteiger partial charge in [-0.15, -0.1) is 31.3 Å². The molecule has 0 heterocycles. The fourth-order valence-corrected chi connectivity index (χ4v) is 4.50. The molecule has 26 heteroatoms. The highest BCUT2D eigenvalue weighted by molar-refractivity contribution is 7.83. The van der Waals surface area contributed by atoms with Crippen LogP contribution in [0.1, 0.15) is 22.3 Å².